The van der Waals surface area contributed by atoms with Gasteiger partial charge < -0.3 is 19.5 Å². The van der Waals surface area contributed by atoms with Gasteiger partial charge in [-0.1, -0.05) is 53.5 Å². The smallest absolute Gasteiger partial charge is 0.271 e. The highest BCUT2D eigenvalue weighted by Crippen LogP contribution is 2.30. The van der Waals surface area contributed by atoms with Crippen molar-refractivity contribution in [1.82, 2.24) is 5.43 Å². The highest BCUT2D eigenvalue weighted by molar-refractivity contribution is 9.10. The molecule has 11 heteroatoms. The van der Waals surface area contributed by atoms with E-state index in [0.29, 0.717) is 61.8 Å². The lowest BCUT2D eigenvalue weighted by atomic mass is 10.2. The van der Waals surface area contributed by atoms with Crippen molar-refractivity contribution in [3.8, 4) is 17.2 Å². The second-order valence-corrected chi connectivity index (χ2v) is 10.4. The Morgan fingerprint density at radius 2 is 1.64 bits per heavy atom. The molecule has 0 aliphatic carbocycles. The molecule has 0 atom stereocenters. The lowest BCUT2D eigenvalue weighted by Crippen LogP contribution is -2.20. The van der Waals surface area contributed by atoms with E-state index in [0.717, 1.165) is 5.56 Å². The molecule has 0 bridgehead atoms. The van der Waals surface area contributed by atoms with Crippen LogP contribution in [-0.4, -0.2) is 31.2 Å². The molecule has 0 aliphatic rings. The van der Waals surface area contributed by atoms with E-state index in [-0.39, 0.29) is 12.5 Å². The van der Waals surface area contributed by atoms with Crippen LogP contribution >= 0.6 is 39.1 Å². The number of amides is 2. The van der Waals surface area contributed by atoms with Crippen molar-refractivity contribution in [3.63, 3.8) is 0 Å². The van der Waals surface area contributed by atoms with Gasteiger partial charge in [-0.25, -0.2) is 5.43 Å². The molecule has 0 saturated carbocycles. The first-order valence-corrected chi connectivity index (χ1v) is 14.3. The number of nitrogens with zero attached hydrogens (tertiary/aromatic N) is 1. The summed E-state index contributed by atoms with van der Waals surface area (Å²) in [6.07, 6.45) is 1.49. The molecule has 4 aromatic carbocycles. The van der Waals surface area contributed by atoms with Crippen LogP contribution in [0.25, 0.3) is 0 Å². The monoisotopic (exact) mass is 669 g/mol. The van der Waals surface area contributed by atoms with Crippen molar-refractivity contribution in [2.45, 2.75) is 13.5 Å². The number of carbonyl (C=O) groups excluding carboxylic acids is 2. The molecule has 0 saturated heterocycles. The van der Waals surface area contributed by atoms with Gasteiger partial charge in [0.2, 0.25) is 0 Å². The van der Waals surface area contributed by atoms with Crippen LogP contribution in [0, 0.1) is 0 Å². The van der Waals surface area contributed by atoms with Crippen molar-refractivity contribution < 1.29 is 23.8 Å². The first kappa shape index (κ1) is 30.9. The van der Waals surface area contributed by atoms with Gasteiger partial charge in [0.1, 0.15) is 12.4 Å². The first-order chi connectivity index (χ1) is 20.3. The molecule has 0 aliphatic heterocycles. The Morgan fingerprint density at radius 1 is 0.857 bits per heavy atom. The van der Waals surface area contributed by atoms with Crippen LogP contribution in [0.1, 0.15) is 28.4 Å². The predicted octanol–water partition coefficient (Wildman–Crippen LogP) is 7.52. The van der Waals surface area contributed by atoms with Crippen molar-refractivity contribution in [2.24, 2.45) is 5.10 Å². The van der Waals surface area contributed by atoms with Crippen LogP contribution in [0.2, 0.25) is 10.0 Å². The molecular weight excluding hydrogens is 645 g/mol. The number of hydrazone groups is 1. The summed E-state index contributed by atoms with van der Waals surface area (Å²) in [6, 6.07) is 24.7. The summed E-state index contributed by atoms with van der Waals surface area (Å²) in [5.74, 6) is 0.694. The number of hydrogen-bond donors (Lipinski definition) is 2. The Kier molecular flexibility index (Phi) is 11.2. The van der Waals surface area contributed by atoms with Gasteiger partial charge in [0, 0.05) is 11.3 Å². The zero-order chi connectivity index (χ0) is 29.9. The lowest BCUT2D eigenvalue weighted by Gasteiger charge is -2.13. The summed E-state index contributed by atoms with van der Waals surface area (Å²) in [5, 5.41) is 7.48. The Hall–Kier alpha value is -4.05. The maximum atomic E-state index is 12.7. The maximum absolute atomic E-state index is 12.7. The summed E-state index contributed by atoms with van der Waals surface area (Å²) in [5.41, 5.74) is 5.10. The number of ether oxygens (including phenoxy) is 3. The van der Waals surface area contributed by atoms with Gasteiger partial charge in [0.15, 0.2) is 18.1 Å². The maximum Gasteiger partial charge on any atom is 0.271 e. The number of nitrogens with one attached hydrogen (secondary N) is 2. The molecule has 0 radical (unpaired) electrons. The second-order valence-electron chi connectivity index (χ2n) is 8.72. The van der Waals surface area contributed by atoms with Crippen LogP contribution in [0.5, 0.6) is 17.2 Å². The van der Waals surface area contributed by atoms with E-state index in [1.165, 1.54) is 6.21 Å². The van der Waals surface area contributed by atoms with Gasteiger partial charge in [-0.05, 0) is 88.6 Å². The molecule has 0 spiro atoms. The Bertz CT molecular complexity index is 1580. The highest BCUT2D eigenvalue weighted by Gasteiger charge is 2.12. The van der Waals surface area contributed by atoms with Crippen LogP contribution in [0.3, 0.4) is 0 Å². The molecule has 2 amide bonds. The average Bonchev–Trinajstić information content (AvgIpc) is 2.98. The number of rotatable bonds is 12. The minimum absolute atomic E-state index is 0.220. The summed E-state index contributed by atoms with van der Waals surface area (Å²) < 4.78 is 17.8. The summed E-state index contributed by atoms with van der Waals surface area (Å²) in [4.78, 5) is 25.0. The van der Waals surface area contributed by atoms with Crippen molar-refractivity contribution >= 4 is 62.8 Å². The predicted molar refractivity (Wildman–Crippen MR) is 168 cm³/mol. The Balaban J connectivity index is 1.30. The molecule has 8 nitrogen and oxygen atoms in total. The van der Waals surface area contributed by atoms with Crippen molar-refractivity contribution in [2.75, 3.05) is 18.5 Å². The largest absolute Gasteiger partial charge is 0.490 e. The minimum atomic E-state index is -0.409. The molecule has 0 heterocycles. The van der Waals surface area contributed by atoms with E-state index in [9.17, 15) is 9.59 Å². The fraction of sp³-hybridized carbons (Fsp3) is 0.129. The van der Waals surface area contributed by atoms with Gasteiger partial charge in [0.05, 0.1) is 27.3 Å². The molecule has 4 rings (SSSR count). The van der Waals surface area contributed by atoms with Gasteiger partial charge in [-0.15, -0.1) is 0 Å². The summed E-state index contributed by atoms with van der Waals surface area (Å²) in [6.45, 7) is 2.44. The molecule has 42 heavy (non-hydrogen) atoms. The van der Waals surface area contributed by atoms with E-state index >= 15 is 0 Å². The third-order valence-corrected chi connectivity index (χ3v) is 7.00. The van der Waals surface area contributed by atoms with Gasteiger partial charge in [0.25, 0.3) is 11.8 Å². The fourth-order valence-electron chi connectivity index (χ4n) is 3.63. The molecule has 0 fully saturated rings. The Labute approximate surface area is 261 Å². The minimum Gasteiger partial charge on any atom is -0.490 e. The third kappa shape index (κ3) is 8.97. The third-order valence-electron chi connectivity index (χ3n) is 5.64. The van der Waals surface area contributed by atoms with E-state index in [2.05, 4.69) is 31.8 Å². The molecule has 0 aromatic heterocycles. The second kappa shape index (κ2) is 15.3. The standard InChI is InChI=1S/C31H26BrCl2N3O5/c1-2-40-29-15-22(9-13-28(29)41-18-20-6-4-3-5-7-20)31(39)37-35-17-21-8-12-27(24(32)14-21)42-19-30(38)36-23-10-11-25(33)26(34)16-23/h3-17H,2,18-19H2,1H3,(H,36,38)(H,37,39)/b35-17+. The summed E-state index contributed by atoms with van der Waals surface area (Å²) in [7, 11) is 0. The number of benzene rings is 4. The Morgan fingerprint density at radius 3 is 2.38 bits per heavy atom. The van der Waals surface area contributed by atoms with E-state index < -0.39 is 5.91 Å². The van der Waals surface area contributed by atoms with Crippen LogP contribution in [0.15, 0.2) is 94.5 Å². The van der Waals surface area contributed by atoms with Crippen molar-refractivity contribution in [3.05, 3.63) is 116 Å². The number of halogens is 3. The normalized spacial score (nSPS) is 10.8. The molecule has 216 valence electrons. The molecule has 2 N–H and O–H groups in total. The van der Waals surface area contributed by atoms with Crippen LogP contribution < -0.4 is 25.0 Å². The SMILES string of the molecule is CCOc1cc(C(=O)N/N=C/c2ccc(OCC(=O)Nc3ccc(Cl)c(Cl)c3)c(Br)c2)ccc1OCc1ccccc1. The zero-order valence-corrected chi connectivity index (χ0v) is 25.5. The fourth-order valence-corrected chi connectivity index (χ4v) is 4.44. The summed E-state index contributed by atoms with van der Waals surface area (Å²) >= 11 is 15.3. The van der Waals surface area contributed by atoms with Gasteiger partial charge in [-0.2, -0.15) is 5.10 Å². The quantitative estimate of drug-likeness (QED) is 0.120. The van der Waals surface area contributed by atoms with Crippen LogP contribution in [0.4, 0.5) is 5.69 Å². The van der Waals surface area contributed by atoms with Gasteiger partial charge in [-0.3, -0.25) is 9.59 Å². The van der Waals surface area contributed by atoms with E-state index in [1.54, 1.807) is 54.6 Å². The topological polar surface area (TPSA) is 98.3 Å². The molecular formula is C31H26BrCl2N3O5. The molecule has 4 aromatic rings. The number of anilines is 1. The number of hydrogen-bond acceptors (Lipinski definition) is 6. The van der Waals surface area contributed by atoms with E-state index in [1.807, 2.05) is 37.3 Å². The van der Waals surface area contributed by atoms with E-state index in [4.69, 9.17) is 37.4 Å². The van der Waals surface area contributed by atoms with Crippen LogP contribution in [-0.2, 0) is 11.4 Å². The van der Waals surface area contributed by atoms with Gasteiger partial charge >= 0.3 is 0 Å². The first-order valence-electron chi connectivity index (χ1n) is 12.8. The van der Waals surface area contributed by atoms with Crippen molar-refractivity contribution in [1.29, 1.82) is 0 Å². The highest BCUT2D eigenvalue weighted by atomic mass is 79.9. The average molecular weight is 671 g/mol. The number of carbonyl (C=O) groups is 2. The lowest BCUT2D eigenvalue weighted by molar-refractivity contribution is -0.118. The molecule has 0 unspecified atom stereocenters. The zero-order valence-electron chi connectivity index (χ0n) is 22.4.